The van der Waals surface area contributed by atoms with Crippen LogP contribution in [0.5, 0.6) is 5.75 Å². The van der Waals surface area contributed by atoms with Gasteiger partial charge >= 0.3 is 11.9 Å². The molecule has 1 aromatic carbocycles. The maximum Gasteiger partial charge on any atom is 0.349 e. The molecule has 0 radical (unpaired) electrons. The van der Waals surface area contributed by atoms with Crippen LogP contribution in [-0.4, -0.2) is 39.6 Å². The zero-order chi connectivity index (χ0) is 21.7. The summed E-state index contributed by atoms with van der Waals surface area (Å²) in [7, 11) is 0. The number of hydrogen-bond donors (Lipinski definition) is 3. The van der Waals surface area contributed by atoms with E-state index in [1.165, 1.54) is 0 Å². The largest absolute Gasteiger partial charge is 0.479 e. The number of rotatable bonds is 8. The summed E-state index contributed by atoms with van der Waals surface area (Å²) < 4.78 is 5.50. The van der Waals surface area contributed by atoms with Gasteiger partial charge in [-0.1, -0.05) is 18.2 Å². The Hall–Kier alpha value is -3.24. The Morgan fingerprint density at radius 1 is 1.17 bits per heavy atom. The number of thiophene rings is 1. The zero-order valence-corrected chi connectivity index (χ0v) is 17.7. The summed E-state index contributed by atoms with van der Waals surface area (Å²) in [5.74, 6) is -2.71. The van der Waals surface area contributed by atoms with E-state index in [1.54, 1.807) is 48.8 Å². The molecule has 0 aliphatic heterocycles. The van der Waals surface area contributed by atoms with Crippen LogP contribution in [0.25, 0.3) is 10.4 Å². The van der Waals surface area contributed by atoms with Crippen molar-refractivity contribution in [3.8, 4) is 16.2 Å². The second-order valence-electron chi connectivity index (χ2n) is 6.06. The maximum atomic E-state index is 12.3. The zero-order valence-electron chi connectivity index (χ0n) is 15.3. The van der Waals surface area contributed by atoms with Gasteiger partial charge < -0.3 is 20.3 Å². The van der Waals surface area contributed by atoms with E-state index in [9.17, 15) is 19.5 Å². The minimum atomic E-state index is -1.23. The Bertz CT molecular complexity index is 1100. The van der Waals surface area contributed by atoms with Crippen molar-refractivity contribution in [2.24, 2.45) is 0 Å². The van der Waals surface area contributed by atoms with E-state index in [0.29, 0.717) is 20.6 Å². The van der Waals surface area contributed by atoms with Crippen molar-refractivity contribution in [1.29, 1.82) is 0 Å². The molecule has 8 nitrogen and oxygen atoms in total. The third-order valence-electron chi connectivity index (χ3n) is 3.84. The van der Waals surface area contributed by atoms with Crippen molar-refractivity contribution in [2.45, 2.75) is 6.42 Å². The highest BCUT2D eigenvalue weighted by Crippen LogP contribution is 2.46. The Morgan fingerprint density at radius 2 is 1.97 bits per heavy atom. The smallest absolute Gasteiger partial charge is 0.349 e. The number of carboxylic acids is 2. The molecule has 3 N–H and O–H groups in total. The molecule has 3 rings (SSSR count). The number of carboxylic acid groups (broad SMARTS) is 2. The van der Waals surface area contributed by atoms with Crippen molar-refractivity contribution in [1.82, 2.24) is 4.98 Å². The van der Waals surface area contributed by atoms with Crippen LogP contribution >= 0.6 is 27.3 Å². The normalized spacial score (nSPS) is 10.4. The first-order valence-electron chi connectivity index (χ1n) is 8.54. The third kappa shape index (κ3) is 5.22. The van der Waals surface area contributed by atoms with E-state index in [0.717, 1.165) is 16.9 Å². The van der Waals surface area contributed by atoms with E-state index in [4.69, 9.17) is 9.84 Å². The Labute approximate surface area is 183 Å². The van der Waals surface area contributed by atoms with Crippen molar-refractivity contribution < 1.29 is 29.3 Å². The molecule has 30 heavy (non-hydrogen) atoms. The quantitative estimate of drug-likeness (QED) is 0.436. The number of hydrogen-bond acceptors (Lipinski definition) is 6. The van der Waals surface area contributed by atoms with Gasteiger partial charge in [0, 0.05) is 18.1 Å². The molecule has 0 saturated carbocycles. The minimum Gasteiger partial charge on any atom is -0.479 e. The Kier molecular flexibility index (Phi) is 6.80. The van der Waals surface area contributed by atoms with Gasteiger partial charge in [0.2, 0.25) is 5.91 Å². The van der Waals surface area contributed by atoms with Gasteiger partial charge in [-0.2, -0.15) is 0 Å². The van der Waals surface area contributed by atoms with Crippen LogP contribution in [-0.2, 0) is 16.0 Å². The van der Waals surface area contributed by atoms with Crippen molar-refractivity contribution >= 4 is 50.8 Å². The summed E-state index contributed by atoms with van der Waals surface area (Å²) in [6.07, 6.45) is 3.41. The predicted molar refractivity (Wildman–Crippen MR) is 114 cm³/mol. The van der Waals surface area contributed by atoms with Crippen LogP contribution in [0, 0.1) is 0 Å². The number of nitrogens with one attached hydrogen (secondary N) is 1. The summed E-state index contributed by atoms with van der Waals surface area (Å²) in [4.78, 5) is 39.0. The highest BCUT2D eigenvalue weighted by atomic mass is 79.9. The molecule has 154 valence electrons. The topological polar surface area (TPSA) is 126 Å². The van der Waals surface area contributed by atoms with Crippen LogP contribution in [0.3, 0.4) is 0 Å². The number of ether oxygens (including phenoxy) is 1. The first-order valence-corrected chi connectivity index (χ1v) is 10.2. The van der Waals surface area contributed by atoms with E-state index in [2.05, 4.69) is 26.2 Å². The van der Waals surface area contributed by atoms with Crippen LogP contribution in [0.15, 0.2) is 53.3 Å². The highest BCUT2D eigenvalue weighted by Gasteiger charge is 2.24. The summed E-state index contributed by atoms with van der Waals surface area (Å²) in [5.41, 5.74) is 1.95. The average Bonchev–Trinajstić information content (AvgIpc) is 3.04. The summed E-state index contributed by atoms with van der Waals surface area (Å²) in [6, 6.07) is 10.4. The molecular formula is C20H15BrN2O6S. The third-order valence-corrected chi connectivity index (χ3v) is 6.07. The fraction of sp³-hybridized carbons (Fsp3) is 0.100. The number of carbonyl (C=O) groups excluding carboxylic acids is 1. The second-order valence-corrected chi connectivity index (χ2v) is 7.87. The molecule has 0 spiro atoms. The van der Waals surface area contributed by atoms with Crippen molar-refractivity contribution in [3.05, 3.63) is 63.7 Å². The number of amides is 1. The van der Waals surface area contributed by atoms with Gasteiger partial charge in [-0.3, -0.25) is 9.78 Å². The molecule has 10 heteroatoms. The number of carbonyl (C=O) groups is 3. The molecule has 0 fully saturated rings. The number of aliphatic carboxylic acids is 1. The Morgan fingerprint density at radius 3 is 2.63 bits per heavy atom. The summed E-state index contributed by atoms with van der Waals surface area (Å²) >= 11 is 4.26. The van der Waals surface area contributed by atoms with Gasteiger partial charge in [0.1, 0.15) is 0 Å². The van der Waals surface area contributed by atoms with Gasteiger partial charge in [0.05, 0.1) is 15.8 Å². The van der Waals surface area contributed by atoms with Crippen molar-refractivity contribution in [2.75, 3.05) is 11.9 Å². The van der Waals surface area contributed by atoms with Gasteiger partial charge in [-0.15, -0.1) is 11.3 Å². The predicted octanol–water partition coefficient (Wildman–Crippen LogP) is 3.92. The molecular weight excluding hydrogens is 476 g/mol. The van der Waals surface area contributed by atoms with E-state index in [-0.39, 0.29) is 23.0 Å². The molecule has 0 aliphatic rings. The molecule has 2 aromatic heterocycles. The van der Waals surface area contributed by atoms with Gasteiger partial charge in [-0.05, 0) is 45.3 Å². The molecule has 2 heterocycles. The number of aromatic nitrogens is 1. The standard InChI is InChI=1S/C20H15BrN2O6S/c21-16-17(29-10-15(25)26)19(20(27)28)30-18(16)12-4-1-5-13(8-12)23-14(24)7-11-3-2-6-22-9-11/h1-6,8-9H,7,10H2,(H,23,24)(H,25,26)(H,27,28). The van der Waals surface area contributed by atoms with E-state index < -0.39 is 18.5 Å². The maximum absolute atomic E-state index is 12.3. The Balaban J connectivity index is 1.84. The number of pyridine rings is 1. The number of halogens is 1. The lowest BCUT2D eigenvalue weighted by Gasteiger charge is -2.07. The number of aromatic carboxylic acids is 1. The van der Waals surface area contributed by atoms with Crippen LogP contribution < -0.4 is 10.1 Å². The summed E-state index contributed by atoms with van der Waals surface area (Å²) in [6.45, 7) is -0.667. The van der Waals surface area contributed by atoms with E-state index in [1.807, 2.05) is 0 Å². The molecule has 0 atom stereocenters. The number of nitrogens with zero attached hydrogens (tertiary/aromatic N) is 1. The average molecular weight is 491 g/mol. The van der Waals surface area contributed by atoms with Gasteiger partial charge in [-0.25, -0.2) is 9.59 Å². The molecule has 0 unspecified atom stereocenters. The van der Waals surface area contributed by atoms with Crippen molar-refractivity contribution in [3.63, 3.8) is 0 Å². The number of anilines is 1. The molecule has 3 aromatic rings. The first kappa shape index (κ1) is 21.5. The first-order chi connectivity index (χ1) is 14.3. The van der Waals surface area contributed by atoms with Crippen LogP contribution in [0.2, 0.25) is 0 Å². The number of benzene rings is 1. The minimum absolute atomic E-state index is 0.0454. The lowest BCUT2D eigenvalue weighted by molar-refractivity contribution is -0.139. The molecule has 1 amide bonds. The lowest BCUT2D eigenvalue weighted by atomic mass is 10.1. The second kappa shape index (κ2) is 9.51. The van der Waals surface area contributed by atoms with E-state index >= 15 is 0 Å². The molecule has 0 bridgehead atoms. The fourth-order valence-electron chi connectivity index (χ4n) is 2.62. The lowest BCUT2D eigenvalue weighted by Crippen LogP contribution is -2.14. The molecule has 0 saturated heterocycles. The van der Waals surface area contributed by atoms with Crippen LogP contribution in [0.1, 0.15) is 15.2 Å². The highest BCUT2D eigenvalue weighted by molar-refractivity contribution is 9.10. The van der Waals surface area contributed by atoms with Gasteiger partial charge in [0.25, 0.3) is 0 Å². The van der Waals surface area contributed by atoms with Gasteiger partial charge in [0.15, 0.2) is 17.2 Å². The summed E-state index contributed by atoms with van der Waals surface area (Å²) in [5, 5.41) is 21.0. The monoisotopic (exact) mass is 490 g/mol. The van der Waals surface area contributed by atoms with Crippen LogP contribution in [0.4, 0.5) is 5.69 Å². The fourth-order valence-corrected chi connectivity index (χ4v) is 4.50. The molecule has 0 aliphatic carbocycles. The SMILES string of the molecule is O=C(O)COc1c(C(=O)O)sc(-c2cccc(NC(=O)Cc3cccnc3)c2)c1Br.